The van der Waals surface area contributed by atoms with Crippen LogP contribution in [0.1, 0.15) is 24.1 Å². The first kappa shape index (κ1) is 14.1. The van der Waals surface area contributed by atoms with Crippen molar-refractivity contribution < 1.29 is 0 Å². The Hall–Kier alpha value is -1.89. The van der Waals surface area contributed by atoms with Crippen LogP contribution in [0, 0.1) is 13.8 Å². The molecule has 0 unspecified atom stereocenters. The van der Waals surface area contributed by atoms with E-state index in [4.69, 9.17) is 5.73 Å². The van der Waals surface area contributed by atoms with Crippen LogP contribution in [0.2, 0.25) is 0 Å². The summed E-state index contributed by atoms with van der Waals surface area (Å²) in [5.74, 6) is 0.936. The molecule has 1 fully saturated rings. The van der Waals surface area contributed by atoms with Gasteiger partial charge in [0.25, 0.3) is 0 Å². The number of nitrogens with two attached hydrogens (primary N) is 1. The van der Waals surface area contributed by atoms with E-state index in [9.17, 15) is 0 Å². The van der Waals surface area contributed by atoms with Crippen LogP contribution in [0.25, 0.3) is 0 Å². The fourth-order valence-electron chi connectivity index (χ4n) is 2.42. The van der Waals surface area contributed by atoms with Crippen molar-refractivity contribution in [1.82, 2.24) is 19.9 Å². The highest BCUT2D eigenvalue weighted by Gasteiger charge is 2.17. The van der Waals surface area contributed by atoms with Crippen molar-refractivity contribution in [2.24, 2.45) is 0 Å². The summed E-state index contributed by atoms with van der Waals surface area (Å²) in [5, 5.41) is 1.48. The normalized spacial score (nSPS) is 14.7. The second kappa shape index (κ2) is 5.85. The minimum atomic E-state index is 0.263. The maximum atomic E-state index is 5.82. The van der Waals surface area contributed by atoms with Crippen LogP contribution in [0.15, 0.2) is 22.3 Å². The molecule has 0 atom stereocenters. The van der Waals surface area contributed by atoms with E-state index in [1.807, 2.05) is 19.1 Å². The van der Waals surface area contributed by atoms with Crippen LogP contribution in [0.3, 0.4) is 0 Å². The average Bonchev–Trinajstić information content (AvgIpc) is 2.90. The second-order valence-electron chi connectivity index (χ2n) is 5.20. The quantitative estimate of drug-likeness (QED) is 0.931. The lowest BCUT2D eigenvalue weighted by Crippen LogP contribution is -2.21. The molecule has 6 nitrogen and oxygen atoms in total. The molecule has 0 bridgehead atoms. The number of anilines is 2. The smallest absolute Gasteiger partial charge is 0.231 e. The molecular weight excluding hydrogens is 284 g/mol. The summed E-state index contributed by atoms with van der Waals surface area (Å²) >= 11 is 1.42. The van der Waals surface area contributed by atoms with Gasteiger partial charge in [-0.3, -0.25) is 0 Å². The zero-order valence-corrected chi connectivity index (χ0v) is 13.0. The Morgan fingerprint density at radius 2 is 1.81 bits per heavy atom. The molecule has 3 heterocycles. The average molecular weight is 302 g/mol. The van der Waals surface area contributed by atoms with Crippen LogP contribution in [0.4, 0.5) is 11.9 Å². The van der Waals surface area contributed by atoms with Crippen LogP contribution >= 0.6 is 11.8 Å². The number of aryl methyl sites for hydroxylation is 2. The van der Waals surface area contributed by atoms with Crippen molar-refractivity contribution in [1.29, 1.82) is 0 Å². The van der Waals surface area contributed by atoms with Crippen LogP contribution in [-0.2, 0) is 0 Å². The molecule has 2 aromatic rings. The van der Waals surface area contributed by atoms with Crippen molar-refractivity contribution >= 4 is 23.7 Å². The highest BCUT2D eigenvalue weighted by molar-refractivity contribution is 7.99. The van der Waals surface area contributed by atoms with Gasteiger partial charge in [-0.15, -0.1) is 0 Å². The third-order valence-electron chi connectivity index (χ3n) is 3.28. The molecule has 0 aliphatic carbocycles. The van der Waals surface area contributed by atoms with E-state index in [1.165, 1.54) is 30.2 Å². The second-order valence-corrected chi connectivity index (χ2v) is 6.18. The highest BCUT2D eigenvalue weighted by atomic mass is 32.2. The Bertz CT molecular complexity index is 634. The SMILES string of the molecule is Cc1cc(C)nc(Sc2nc(N)nc(N3CCCC3)n2)c1. The van der Waals surface area contributed by atoms with Gasteiger partial charge in [-0.25, -0.2) is 4.98 Å². The van der Waals surface area contributed by atoms with Crippen molar-refractivity contribution in [2.75, 3.05) is 23.7 Å². The lowest BCUT2D eigenvalue weighted by molar-refractivity contribution is 0.832. The van der Waals surface area contributed by atoms with E-state index in [-0.39, 0.29) is 5.95 Å². The fourth-order valence-corrected chi connectivity index (χ4v) is 3.30. The number of aromatic nitrogens is 4. The Morgan fingerprint density at radius 1 is 1.05 bits per heavy atom. The van der Waals surface area contributed by atoms with Gasteiger partial charge in [-0.2, -0.15) is 15.0 Å². The molecule has 1 aliphatic heterocycles. The van der Waals surface area contributed by atoms with Crippen molar-refractivity contribution in [2.45, 2.75) is 36.9 Å². The molecule has 0 radical (unpaired) electrons. The predicted octanol–water partition coefficient (Wildman–Crippen LogP) is 2.22. The molecule has 2 aromatic heterocycles. The standard InChI is InChI=1S/C14H18N6S/c1-9-7-10(2)16-11(8-9)21-14-18-12(15)17-13(19-14)20-5-3-4-6-20/h7-8H,3-6H2,1-2H3,(H2,15,17,18,19). The van der Waals surface area contributed by atoms with Crippen LogP contribution in [0.5, 0.6) is 0 Å². The van der Waals surface area contributed by atoms with E-state index < -0.39 is 0 Å². The minimum Gasteiger partial charge on any atom is -0.368 e. The van der Waals surface area contributed by atoms with Gasteiger partial charge in [-0.05, 0) is 56.1 Å². The number of nitrogen functional groups attached to an aromatic ring is 1. The Morgan fingerprint density at radius 3 is 2.52 bits per heavy atom. The van der Waals surface area contributed by atoms with Gasteiger partial charge in [0, 0.05) is 18.8 Å². The molecule has 21 heavy (non-hydrogen) atoms. The first-order valence-corrected chi connectivity index (χ1v) is 7.81. The summed E-state index contributed by atoms with van der Waals surface area (Å²) < 4.78 is 0. The van der Waals surface area contributed by atoms with Gasteiger partial charge in [0.2, 0.25) is 17.1 Å². The third kappa shape index (κ3) is 3.41. The first-order valence-electron chi connectivity index (χ1n) is 7.00. The largest absolute Gasteiger partial charge is 0.368 e. The maximum absolute atomic E-state index is 5.82. The van der Waals surface area contributed by atoms with E-state index in [0.717, 1.165) is 23.8 Å². The molecule has 7 heteroatoms. The number of nitrogens with zero attached hydrogens (tertiary/aromatic N) is 5. The predicted molar refractivity (Wildman–Crippen MR) is 83.5 cm³/mol. The molecule has 1 aliphatic rings. The molecule has 1 saturated heterocycles. The Labute approximate surface area is 128 Å². The summed E-state index contributed by atoms with van der Waals surface area (Å²) in [6.07, 6.45) is 2.35. The molecule has 2 N–H and O–H groups in total. The van der Waals surface area contributed by atoms with Gasteiger partial charge in [0.15, 0.2) is 0 Å². The van der Waals surface area contributed by atoms with E-state index >= 15 is 0 Å². The molecule has 0 saturated carbocycles. The topological polar surface area (TPSA) is 80.8 Å². The number of hydrogen-bond donors (Lipinski definition) is 1. The summed E-state index contributed by atoms with van der Waals surface area (Å²) in [4.78, 5) is 19.6. The monoisotopic (exact) mass is 302 g/mol. The van der Waals surface area contributed by atoms with Gasteiger partial charge >= 0.3 is 0 Å². The summed E-state index contributed by atoms with van der Waals surface area (Å²) in [6.45, 7) is 6.00. The van der Waals surface area contributed by atoms with Crippen molar-refractivity contribution in [3.63, 3.8) is 0 Å². The number of rotatable bonds is 3. The molecule has 0 aromatic carbocycles. The molecule has 0 amide bonds. The lowest BCUT2D eigenvalue weighted by Gasteiger charge is -2.15. The third-order valence-corrected chi connectivity index (χ3v) is 4.06. The van der Waals surface area contributed by atoms with Gasteiger partial charge < -0.3 is 10.6 Å². The number of hydrogen-bond acceptors (Lipinski definition) is 7. The minimum absolute atomic E-state index is 0.263. The van der Waals surface area contributed by atoms with E-state index in [1.54, 1.807) is 0 Å². The molecule has 110 valence electrons. The zero-order chi connectivity index (χ0) is 14.8. The van der Waals surface area contributed by atoms with Crippen LogP contribution < -0.4 is 10.6 Å². The molecule has 0 spiro atoms. The Balaban J connectivity index is 1.87. The Kier molecular flexibility index (Phi) is 3.92. The zero-order valence-electron chi connectivity index (χ0n) is 12.2. The van der Waals surface area contributed by atoms with Crippen molar-refractivity contribution in [3.05, 3.63) is 23.4 Å². The lowest BCUT2D eigenvalue weighted by atomic mass is 10.3. The van der Waals surface area contributed by atoms with E-state index in [0.29, 0.717) is 11.1 Å². The fraction of sp³-hybridized carbons (Fsp3) is 0.429. The van der Waals surface area contributed by atoms with Crippen molar-refractivity contribution in [3.8, 4) is 0 Å². The summed E-state index contributed by atoms with van der Waals surface area (Å²) in [7, 11) is 0. The first-order chi connectivity index (χ1) is 10.1. The highest BCUT2D eigenvalue weighted by Crippen LogP contribution is 2.26. The molecular formula is C14H18N6S. The summed E-state index contributed by atoms with van der Waals surface area (Å²) in [5.41, 5.74) is 7.98. The summed E-state index contributed by atoms with van der Waals surface area (Å²) in [6, 6.07) is 4.06. The van der Waals surface area contributed by atoms with Gasteiger partial charge in [0.05, 0.1) is 0 Å². The maximum Gasteiger partial charge on any atom is 0.231 e. The van der Waals surface area contributed by atoms with Crippen LogP contribution in [-0.4, -0.2) is 33.0 Å². The van der Waals surface area contributed by atoms with E-state index in [2.05, 4.69) is 31.8 Å². The van der Waals surface area contributed by atoms with Gasteiger partial charge in [0.1, 0.15) is 5.03 Å². The van der Waals surface area contributed by atoms with Gasteiger partial charge in [-0.1, -0.05) is 0 Å². The number of pyridine rings is 1. The molecule has 3 rings (SSSR count).